The van der Waals surface area contributed by atoms with Gasteiger partial charge in [-0.05, 0) is 36.6 Å². The molecule has 0 heterocycles. The predicted octanol–water partition coefficient (Wildman–Crippen LogP) is 4.57. The Hall–Kier alpha value is -3.96. The number of nitro groups is 1. The number of hydrogen-bond donors (Lipinski definition) is 1. The third-order valence-corrected chi connectivity index (χ3v) is 8.09. The maximum atomic E-state index is 14.1. The zero-order valence-corrected chi connectivity index (χ0v) is 24.6. The maximum Gasteiger partial charge on any atom is 0.271 e. The molecule has 0 unspecified atom stereocenters. The lowest BCUT2D eigenvalue weighted by Crippen LogP contribution is -2.54. The normalized spacial score (nSPS) is 12.7. The van der Waals surface area contributed by atoms with Crippen LogP contribution >= 0.6 is 11.6 Å². The lowest BCUT2D eigenvalue weighted by molar-refractivity contribution is -0.384. The van der Waals surface area contributed by atoms with Crippen molar-refractivity contribution in [3.8, 4) is 0 Å². The smallest absolute Gasteiger partial charge is 0.271 e. The first-order chi connectivity index (χ1) is 19.4. The van der Waals surface area contributed by atoms with Crippen molar-refractivity contribution in [1.82, 2.24) is 10.2 Å². The van der Waals surface area contributed by atoms with Crippen molar-refractivity contribution in [3.63, 3.8) is 0 Å². The summed E-state index contributed by atoms with van der Waals surface area (Å²) >= 11 is 6.44. The fourth-order valence-corrected chi connectivity index (χ4v) is 5.22. The SMILES string of the molecule is CC[C@@H](C)NC(=O)[C@H](Cc1ccccc1)N(Cc1ccccc1Cl)C(=O)CN(c1cccc([N+](=O)[O-])c1)S(C)(=O)=O. The Morgan fingerprint density at radius 3 is 2.29 bits per heavy atom. The summed E-state index contributed by atoms with van der Waals surface area (Å²) in [6.07, 6.45) is 1.74. The van der Waals surface area contributed by atoms with Gasteiger partial charge in [0.2, 0.25) is 21.8 Å². The number of carbonyl (C=O) groups is 2. The van der Waals surface area contributed by atoms with E-state index in [0.29, 0.717) is 17.0 Å². The van der Waals surface area contributed by atoms with Crippen LogP contribution in [0.25, 0.3) is 0 Å². The molecule has 2 atom stereocenters. The lowest BCUT2D eigenvalue weighted by atomic mass is 10.0. The van der Waals surface area contributed by atoms with Crippen LogP contribution in [0.3, 0.4) is 0 Å². The third-order valence-electron chi connectivity index (χ3n) is 6.58. The van der Waals surface area contributed by atoms with Crippen molar-refractivity contribution < 1.29 is 22.9 Å². The first-order valence-corrected chi connectivity index (χ1v) is 15.2. The Bertz CT molecular complexity index is 1490. The van der Waals surface area contributed by atoms with Gasteiger partial charge in [-0.3, -0.25) is 24.0 Å². The highest BCUT2D eigenvalue weighted by Crippen LogP contribution is 2.25. The average Bonchev–Trinajstić information content (AvgIpc) is 2.94. The molecule has 3 rings (SSSR count). The summed E-state index contributed by atoms with van der Waals surface area (Å²) in [6.45, 7) is 3.01. The van der Waals surface area contributed by atoms with Gasteiger partial charge in [-0.25, -0.2) is 8.42 Å². The Kier molecular flexibility index (Phi) is 10.8. The fraction of sp³-hybridized carbons (Fsp3) is 0.310. The van der Waals surface area contributed by atoms with Gasteiger partial charge in [0.05, 0.1) is 16.9 Å². The van der Waals surface area contributed by atoms with Crippen molar-refractivity contribution in [2.24, 2.45) is 0 Å². The second kappa shape index (κ2) is 14.1. The van der Waals surface area contributed by atoms with Crippen LogP contribution in [0.4, 0.5) is 11.4 Å². The van der Waals surface area contributed by atoms with Crippen molar-refractivity contribution in [2.45, 2.75) is 45.3 Å². The monoisotopic (exact) mass is 600 g/mol. The Balaban J connectivity index is 2.09. The van der Waals surface area contributed by atoms with E-state index in [-0.39, 0.29) is 30.4 Å². The molecule has 10 nitrogen and oxygen atoms in total. The highest BCUT2D eigenvalue weighted by Gasteiger charge is 2.34. The molecule has 0 aliphatic carbocycles. The van der Waals surface area contributed by atoms with Crippen LogP contribution in [0.5, 0.6) is 0 Å². The molecule has 0 aliphatic rings. The molecular formula is C29H33ClN4O6S. The van der Waals surface area contributed by atoms with E-state index in [1.165, 1.54) is 23.1 Å². The summed E-state index contributed by atoms with van der Waals surface area (Å²) in [5.74, 6) is -1.08. The number of amides is 2. The van der Waals surface area contributed by atoms with Gasteiger partial charge in [-0.1, -0.05) is 73.1 Å². The van der Waals surface area contributed by atoms with Crippen LogP contribution < -0.4 is 9.62 Å². The number of benzene rings is 3. The number of rotatable bonds is 13. The summed E-state index contributed by atoms with van der Waals surface area (Å²) in [6, 6.07) is 19.9. The predicted molar refractivity (Wildman–Crippen MR) is 159 cm³/mol. The van der Waals surface area contributed by atoms with Crippen molar-refractivity contribution in [2.75, 3.05) is 17.1 Å². The van der Waals surface area contributed by atoms with Crippen LogP contribution in [0, 0.1) is 10.1 Å². The zero-order valence-electron chi connectivity index (χ0n) is 23.1. The summed E-state index contributed by atoms with van der Waals surface area (Å²) in [4.78, 5) is 39.7. The molecule has 2 amide bonds. The van der Waals surface area contributed by atoms with E-state index in [4.69, 9.17) is 11.6 Å². The van der Waals surface area contributed by atoms with Crippen LogP contribution in [0.1, 0.15) is 31.4 Å². The highest BCUT2D eigenvalue weighted by atomic mass is 35.5. The average molecular weight is 601 g/mol. The number of nitrogens with one attached hydrogen (secondary N) is 1. The van der Waals surface area contributed by atoms with Gasteiger partial charge in [-0.15, -0.1) is 0 Å². The molecule has 0 fully saturated rings. The van der Waals surface area contributed by atoms with E-state index in [1.54, 1.807) is 24.3 Å². The molecular weight excluding hydrogens is 568 g/mol. The van der Waals surface area contributed by atoms with Gasteiger partial charge in [-0.2, -0.15) is 0 Å². The summed E-state index contributed by atoms with van der Waals surface area (Å²) in [5, 5.41) is 14.7. The van der Waals surface area contributed by atoms with Gasteiger partial charge in [0.15, 0.2) is 0 Å². The molecule has 41 heavy (non-hydrogen) atoms. The summed E-state index contributed by atoms with van der Waals surface area (Å²) < 4.78 is 26.5. The molecule has 1 N–H and O–H groups in total. The number of non-ortho nitro benzene ring substituents is 1. The first-order valence-electron chi connectivity index (χ1n) is 13.0. The topological polar surface area (TPSA) is 130 Å². The number of halogens is 1. The quantitative estimate of drug-likeness (QED) is 0.226. The Labute approximate surface area is 245 Å². The van der Waals surface area contributed by atoms with Crippen LogP contribution in [-0.2, 0) is 32.6 Å². The number of nitrogens with zero attached hydrogens (tertiary/aromatic N) is 3. The minimum absolute atomic E-state index is 0.0450. The molecule has 0 spiro atoms. The molecule has 0 bridgehead atoms. The standard InChI is InChI=1S/C29H33ClN4O6S/c1-4-21(2)31-29(36)27(17-22-11-6-5-7-12-22)32(19-23-13-8-9-16-26(23)30)28(35)20-33(41(3,39)40)24-14-10-15-25(18-24)34(37)38/h5-16,18,21,27H,4,17,19-20H2,1-3H3,(H,31,36)/t21-,27+/m1/s1. The maximum absolute atomic E-state index is 14.1. The fourth-order valence-electron chi connectivity index (χ4n) is 4.18. The van der Waals surface area contributed by atoms with Crippen molar-refractivity contribution in [3.05, 3.63) is 105 Å². The highest BCUT2D eigenvalue weighted by molar-refractivity contribution is 7.92. The summed E-state index contributed by atoms with van der Waals surface area (Å²) in [7, 11) is -4.06. The molecule has 3 aromatic carbocycles. The Morgan fingerprint density at radius 1 is 1.02 bits per heavy atom. The summed E-state index contributed by atoms with van der Waals surface area (Å²) in [5.41, 5.74) is 0.994. The number of hydrogen-bond acceptors (Lipinski definition) is 6. The lowest BCUT2D eigenvalue weighted by Gasteiger charge is -2.34. The van der Waals surface area contributed by atoms with Crippen LogP contribution in [0.2, 0.25) is 5.02 Å². The van der Waals surface area contributed by atoms with E-state index in [1.807, 2.05) is 44.2 Å². The molecule has 218 valence electrons. The number of carbonyl (C=O) groups excluding carboxylic acids is 2. The zero-order chi connectivity index (χ0) is 30.2. The van der Waals surface area contributed by atoms with Gasteiger partial charge in [0.25, 0.3) is 5.69 Å². The second-order valence-corrected chi connectivity index (χ2v) is 12.0. The Morgan fingerprint density at radius 2 is 1.68 bits per heavy atom. The molecule has 0 aliphatic heterocycles. The third kappa shape index (κ3) is 8.76. The second-order valence-electron chi connectivity index (χ2n) is 9.68. The first kappa shape index (κ1) is 31.6. The number of nitro benzene ring substituents is 1. The molecule has 0 aromatic heterocycles. The molecule has 3 aromatic rings. The molecule has 0 radical (unpaired) electrons. The van der Waals surface area contributed by atoms with Crippen LogP contribution in [-0.4, -0.2) is 54.9 Å². The van der Waals surface area contributed by atoms with Gasteiger partial charge in [0, 0.05) is 36.2 Å². The van der Waals surface area contributed by atoms with Gasteiger partial charge in [0.1, 0.15) is 12.6 Å². The van der Waals surface area contributed by atoms with Crippen molar-refractivity contribution >= 4 is 44.8 Å². The molecule has 0 saturated carbocycles. The number of sulfonamides is 1. The van der Waals surface area contributed by atoms with Crippen LogP contribution in [0.15, 0.2) is 78.9 Å². The van der Waals surface area contributed by atoms with E-state index in [9.17, 15) is 28.1 Å². The minimum Gasteiger partial charge on any atom is -0.352 e. The van der Waals surface area contributed by atoms with E-state index in [0.717, 1.165) is 22.2 Å². The van der Waals surface area contributed by atoms with E-state index < -0.39 is 39.3 Å². The van der Waals surface area contributed by atoms with Crippen molar-refractivity contribution in [1.29, 1.82) is 0 Å². The van der Waals surface area contributed by atoms with E-state index in [2.05, 4.69) is 5.32 Å². The largest absolute Gasteiger partial charge is 0.352 e. The molecule has 0 saturated heterocycles. The number of anilines is 1. The minimum atomic E-state index is -4.06. The van der Waals surface area contributed by atoms with Gasteiger partial charge < -0.3 is 10.2 Å². The van der Waals surface area contributed by atoms with Gasteiger partial charge >= 0.3 is 0 Å². The molecule has 12 heteroatoms. The van der Waals surface area contributed by atoms with E-state index >= 15 is 0 Å².